The topological polar surface area (TPSA) is 88.9 Å². The van der Waals surface area contributed by atoms with Crippen molar-refractivity contribution in [1.29, 1.82) is 0 Å². The molecule has 0 aliphatic heterocycles. The van der Waals surface area contributed by atoms with Crippen LogP contribution in [-0.4, -0.2) is 26.8 Å². The summed E-state index contributed by atoms with van der Waals surface area (Å²) in [6.07, 6.45) is 0. The largest absolute Gasteiger partial charge is 0.324 e. The molecule has 29 heavy (non-hydrogen) atoms. The highest BCUT2D eigenvalue weighted by Gasteiger charge is 2.18. The fraction of sp³-hybridized carbons (Fsp3) is 0.158. The second-order valence-corrected chi connectivity index (χ2v) is 7.18. The molecule has 3 rings (SSSR count). The van der Waals surface area contributed by atoms with E-state index in [0.717, 1.165) is 0 Å². The molecule has 2 amide bonds. The minimum atomic E-state index is -0.520. The lowest BCUT2D eigenvalue weighted by atomic mass is 10.2. The number of anilines is 2. The van der Waals surface area contributed by atoms with Gasteiger partial charge in [0.2, 0.25) is 5.91 Å². The van der Waals surface area contributed by atoms with Gasteiger partial charge in [0, 0.05) is 21.4 Å². The zero-order valence-electron chi connectivity index (χ0n) is 15.5. The molecule has 2 aromatic carbocycles. The van der Waals surface area contributed by atoms with Crippen LogP contribution in [0.25, 0.3) is 0 Å². The van der Waals surface area contributed by atoms with Crippen molar-refractivity contribution in [1.82, 2.24) is 15.0 Å². The number of carbonyl (C=O) groups excluding carboxylic acids is 2. The normalized spacial score (nSPS) is 10.7. The molecular weight excluding hydrogens is 420 g/mol. The maximum Gasteiger partial charge on any atom is 0.278 e. The number of aromatic nitrogens is 3. The Bertz CT molecular complexity index is 1080. The number of halogens is 3. The van der Waals surface area contributed by atoms with E-state index in [1.165, 1.54) is 10.7 Å². The Kier molecular flexibility index (Phi) is 6.14. The monoisotopic (exact) mass is 435 g/mol. The van der Waals surface area contributed by atoms with Crippen LogP contribution in [0, 0.1) is 19.7 Å². The maximum absolute atomic E-state index is 13.6. The van der Waals surface area contributed by atoms with E-state index in [1.807, 2.05) is 0 Å². The summed E-state index contributed by atoms with van der Waals surface area (Å²) in [7, 11) is 0. The minimum Gasteiger partial charge on any atom is -0.324 e. The second-order valence-electron chi connectivity index (χ2n) is 6.31. The summed E-state index contributed by atoms with van der Waals surface area (Å²) in [6.45, 7) is 3.05. The Morgan fingerprint density at radius 1 is 1.03 bits per heavy atom. The molecule has 0 atom stereocenters. The first-order valence-electron chi connectivity index (χ1n) is 8.46. The molecule has 0 aliphatic rings. The Morgan fingerprint density at radius 2 is 1.72 bits per heavy atom. The Labute approximate surface area is 175 Å². The fourth-order valence-corrected chi connectivity index (χ4v) is 3.07. The average Bonchev–Trinajstić information content (AvgIpc) is 2.98. The third-order valence-electron chi connectivity index (χ3n) is 4.07. The first-order valence-corrected chi connectivity index (χ1v) is 9.22. The van der Waals surface area contributed by atoms with Gasteiger partial charge in [-0.1, -0.05) is 34.5 Å². The zero-order valence-corrected chi connectivity index (χ0v) is 17.0. The quantitative estimate of drug-likeness (QED) is 0.627. The molecule has 0 saturated heterocycles. The molecule has 0 fully saturated rings. The smallest absolute Gasteiger partial charge is 0.278 e. The number of hydrogen-bond acceptors (Lipinski definition) is 4. The van der Waals surface area contributed by atoms with E-state index in [9.17, 15) is 14.0 Å². The van der Waals surface area contributed by atoms with Gasteiger partial charge in [0.1, 0.15) is 12.4 Å². The van der Waals surface area contributed by atoms with E-state index in [0.29, 0.717) is 32.7 Å². The summed E-state index contributed by atoms with van der Waals surface area (Å²) in [5.74, 6) is -1.37. The van der Waals surface area contributed by atoms with E-state index >= 15 is 0 Å². The molecule has 0 unspecified atom stereocenters. The highest BCUT2D eigenvalue weighted by Crippen LogP contribution is 2.23. The number of nitrogens with zero attached hydrogens (tertiary/aromatic N) is 3. The third-order valence-corrected chi connectivity index (χ3v) is 4.50. The summed E-state index contributed by atoms with van der Waals surface area (Å²) in [5, 5.41) is 13.6. The van der Waals surface area contributed by atoms with E-state index in [1.54, 1.807) is 44.2 Å². The predicted molar refractivity (Wildman–Crippen MR) is 109 cm³/mol. The molecule has 0 aliphatic carbocycles. The summed E-state index contributed by atoms with van der Waals surface area (Å²) in [4.78, 5) is 24.7. The summed E-state index contributed by atoms with van der Waals surface area (Å²) >= 11 is 11.8. The van der Waals surface area contributed by atoms with Gasteiger partial charge in [0.15, 0.2) is 5.69 Å². The Balaban J connectivity index is 1.68. The molecule has 1 heterocycles. The van der Waals surface area contributed by atoms with E-state index in [4.69, 9.17) is 23.2 Å². The first-order chi connectivity index (χ1) is 13.7. The van der Waals surface area contributed by atoms with Gasteiger partial charge >= 0.3 is 0 Å². The lowest BCUT2D eigenvalue weighted by Gasteiger charge is -2.08. The molecule has 0 saturated carbocycles. The number of carbonyl (C=O) groups is 2. The van der Waals surface area contributed by atoms with Crippen molar-refractivity contribution in [3.63, 3.8) is 0 Å². The molecule has 0 radical (unpaired) electrons. The van der Waals surface area contributed by atoms with Crippen molar-refractivity contribution < 1.29 is 14.0 Å². The lowest BCUT2D eigenvalue weighted by molar-refractivity contribution is -0.117. The molecule has 2 N–H and O–H groups in total. The number of nitrogens with one attached hydrogen (secondary N) is 2. The van der Waals surface area contributed by atoms with Crippen molar-refractivity contribution >= 4 is 46.4 Å². The molecule has 1 aromatic heterocycles. The first kappa shape index (κ1) is 20.8. The summed E-state index contributed by atoms with van der Waals surface area (Å²) in [6, 6.07) is 9.02. The number of rotatable bonds is 5. The van der Waals surface area contributed by atoms with Crippen molar-refractivity contribution in [2.24, 2.45) is 0 Å². The zero-order chi connectivity index (χ0) is 21.1. The number of amides is 2. The van der Waals surface area contributed by atoms with Crippen LogP contribution in [-0.2, 0) is 11.3 Å². The van der Waals surface area contributed by atoms with Crippen LogP contribution in [0.1, 0.15) is 21.7 Å². The molecule has 150 valence electrons. The summed E-state index contributed by atoms with van der Waals surface area (Å²) < 4.78 is 14.9. The molecule has 7 nitrogen and oxygen atoms in total. The van der Waals surface area contributed by atoms with Crippen LogP contribution in [0.4, 0.5) is 15.8 Å². The molecule has 0 bridgehead atoms. The molecule has 3 aromatic rings. The number of benzene rings is 2. The van der Waals surface area contributed by atoms with Gasteiger partial charge in [-0.2, -0.15) is 0 Å². The van der Waals surface area contributed by atoms with E-state index in [2.05, 4.69) is 20.9 Å². The van der Waals surface area contributed by atoms with Crippen LogP contribution >= 0.6 is 23.2 Å². The van der Waals surface area contributed by atoms with E-state index in [-0.39, 0.29) is 12.2 Å². The van der Waals surface area contributed by atoms with Crippen LogP contribution in [0.3, 0.4) is 0 Å². The van der Waals surface area contributed by atoms with Gasteiger partial charge in [-0.05, 0) is 49.7 Å². The highest BCUT2D eigenvalue weighted by atomic mass is 35.5. The SMILES string of the molecule is Cc1ccc(NC(=O)Cn2nnc(C(=O)Nc3cc(Cl)cc(Cl)c3)c2C)cc1F. The van der Waals surface area contributed by atoms with E-state index < -0.39 is 17.6 Å². The Hall–Kier alpha value is -2.97. The van der Waals surface area contributed by atoms with Crippen LogP contribution in [0.2, 0.25) is 10.0 Å². The second kappa shape index (κ2) is 8.59. The van der Waals surface area contributed by atoms with Gasteiger partial charge in [0.25, 0.3) is 5.91 Å². The standard InChI is InChI=1S/C19H16Cl2FN5O2/c1-10-3-4-14(8-16(10)22)23-17(28)9-27-11(2)18(25-26-27)19(29)24-15-6-12(20)5-13(21)7-15/h3-8H,9H2,1-2H3,(H,23,28)(H,24,29). The van der Waals surface area contributed by atoms with Crippen LogP contribution in [0.5, 0.6) is 0 Å². The third kappa shape index (κ3) is 5.10. The molecule has 0 spiro atoms. The average molecular weight is 436 g/mol. The fourth-order valence-electron chi connectivity index (χ4n) is 2.54. The number of aryl methyl sites for hydroxylation is 1. The van der Waals surface area contributed by atoms with Crippen LogP contribution in [0.15, 0.2) is 36.4 Å². The predicted octanol–water partition coefficient (Wildman–Crippen LogP) is 4.23. The van der Waals surface area contributed by atoms with Gasteiger partial charge < -0.3 is 10.6 Å². The minimum absolute atomic E-state index is 0.0512. The van der Waals surface area contributed by atoms with Crippen LogP contribution < -0.4 is 10.6 Å². The maximum atomic E-state index is 13.6. The van der Waals surface area contributed by atoms with Gasteiger partial charge in [-0.25, -0.2) is 9.07 Å². The molecular formula is C19H16Cl2FN5O2. The lowest BCUT2D eigenvalue weighted by Crippen LogP contribution is -2.21. The number of hydrogen-bond donors (Lipinski definition) is 2. The van der Waals surface area contributed by atoms with Gasteiger partial charge in [-0.15, -0.1) is 5.10 Å². The van der Waals surface area contributed by atoms with Gasteiger partial charge in [-0.3, -0.25) is 9.59 Å². The van der Waals surface area contributed by atoms with Crippen molar-refractivity contribution in [2.45, 2.75) is 20.4 Å². The highest BCUT2D eigenvalue weighted by molar-refractivity contribution is 6.35. The van der Waals surface area contributed by atoms with Crippen molar-refractivity contribution in [2.75, 3.05) is 10.6 Å². The van der Waals surface area contributed by atoms with Crippen molar-refractivity contribution in [3.8, 4) is 0 Å². The van der Waals surface area contributed by atoms with Gasteiger partial charge in [0.05, 0.1) is 5.69 Å². The molecule has 10 heteroatoms. The Morgan fingerprint density at radius 3 is 2.38 bits per heavy atom. The summed E-state index contributed by atoms with van der Waals surface area (Å²) in [5.41, 5.74) is 1.65. The van der Waals surface area contributed by atoms with Crippen molar-refractivity contribution in [3.05, 3.63) is 69.2 Å².